The van der Waals surface area contributed by atoms with Crippen molar-refractivity contribution in [1.29, 1.82) is 0 Å². The molecule has 5 aromatic rings. The predicted molar refractivity (Wildman–Crippen MR) is 166 cm³/mol. The fourth-order valence-electron chi connectivity index (χ4n) is 4.99. The third-order valence-electron chi connectivity index (χ3n) is 7.03. The molecule has 0 atom stereocenters. The lowest BCUT2D eigenvalue weighted by atomic mass is 10.1. The van der Waals surface area contributed by atoms with Crippen molar-refractivity contribution >= 4 is 50.9 Å². The normalized spacial score (nSPS) is 13.2. The molecule has 6 rings (SSSR count). The summed E-state index contributed by atoms with van der Waals surface area (Å²) < 4.78 is 5.52. The first kappa shape index (κ1) is 26.3. The van der Waals surface area contributed by atoms with Gasteiger partial charge in [-0.3, -0.25) is 14.8 Å². The highest BCUT2D eigenvalue weighted by molar-refractivity contribution is 6.05. The number of morpholine rings is 1. The SMILES string of the molecule is Cc1cc(Nc2ccc(NC(=O)c3cccc(Nc4cc(C)nc5ccc(N6CCOCC6)cc45)c3)cc2)ccn1. The lowest BCUT2D eigenvalue weighted by molar-refractivity contribution is 0.102. The Labute approximate surface area is 239 Å². The van der Waals surface area contributed by atoms with Gasteiger partial charge in [0, 0.05) is 75.7 Å². The van der Waals surface area contributed by atoms with E-state index < -0.39 is 0 Å². The molecule has 0 bridgehead atoms. The zero-order chi connectivity index (χ0) is 28.2. The van der Waals surface area contributed by atoms with Crippen molar-refractivity contribution in [3.63, 3.8) is 0 Å². The largest absolute Gasteiger partial charge is 0.378 e. The van der Waals surface area contributed by atoms with Gasteiger partial charge in [0.2, 0.25) is 0 Å². The molecule has 3 aromatic carbocycles. The molecule has 2 aromatic heterocycles. The van der Waals surface area contributed by atoms with Crippen LogP contribution in [-0.4, -0.2) is 42.2 Å². The van der Waals surface area contributed by atoms with Crippen LogP contribution in [0.3, 0.4) is 0 Å². The molecule has 1 fully saturated rings. The maximum atomic E-state index is 13.1. The average molecular weight is 545 g/mol. The number of pyridine rings is 2. The second-order valence-electron chi connectivity index (χ2n) is 10.2. The van der Waals surface area contributed by atoms with Crippen molar-refractivity contribution in [3.05, 3.63) is 108 Å². The minimum absolute atomic E-state index is 0.176. The number of carbonyl (C=O) groups excluding carboxylic acids is 1. The highest BCUT2D eigenvalue weighted by atomic mass is 16.5. The van der Waals surface area contributed by atoms with Crippen LogP contribution in [0.2, 0.25) is 0 Å². The number of benzene rings is 3. The molecule has 1 saturated heterocycles. The Morgan fingerprint density at radius 2 is 1.56 bits per heavy atom. The Bertz CT molecular complexity index is 1700. The lowest BCUT2D eigenvalue weighted by Gasteiger charge is -2.29. The number of amides is 1. The molecule has 3 N–H and O–H groups in total. The minimum Gasteiger partial charge on any atom is -0.378 e. The third-order valence-corrected chi connectivity index (χ3v) is 7.03. The smallest absolute Gasteiger partial charge is 0.255 e. The van der Waals surface area contributed by atoms with Crippen LogP contribution in [0.15, 0.2) is 91.1 Å². The zero-order valence-corrected chi connectivity index (χ0v) is 23.1. The Kier molecular flexibility index (Phi) is 7.47. The molecule has 8 heteroatoms. The van der Waals surface area contributed by atoms with Crippen LogP contribution >= 0.6 is 0 Å². The summed E-state index contributed by atoms with van der Waals surface area (Å²) in [5.74, 6) is -0.176. The molecule has 8 nitrogen and oxygen atoms in total. The zero-order valence-electron chi connectivity index (χ0n) is 23.1. The van der Waals surface area contributed by atoms with Crippen LogP contribution in [0.25, 0.3) is 10.9 Å². The van der Waals surface area contributed by atoms with E-state index in [0.717, 1.165) is 82.7 Å². The van der Waals surface area contributed by atoms with Gasteiger partial charge in [0.1, 0.15) is 0 Å². The Hall–Kier alpha value is -4.95. The van der Waals surface area contributed by atoms with Gasteiger partial charge in [0.15, 0.2) is 0 Å². The summed E-state index contributed by atoms with van der Waals surface area (Å²) in [4.78, 5) is 24.4. The second-order valence-corrected chi connectivity index (χ2v) is 10.2. The van der Waals surface area contributed by atoms with Crippen molar-refractivity contribution in [2.45, 2.75) is 13.8 Å². The molecule has 1 amide bonds. The molecule has 206 valence electrons. The van der Waals surface area contributed by atoms with Gasteiger partial charge in [-0.05, 0) is 92.7 Å². The topological polar surface area (TPSA) is 91.4 Å². The van der Waals surface area contributed by atoms with Crippen molar-refractivity contribution in [1.82, 2.24) is 9.97 Å². The molecule has 1 aliphatic heterocycles. The summed E-state index contributed by atoms with van der Waals surface area (Å²) in [6, 6.07) is 27.5. The van der Waals surface area contributed by atoms with Crippen LogP contribution in [-0.2, 0) is 4.74 Å². The first-order chi connectivity index (χ1) is 20.0. The van der Waals surface area contributed by atoms with Gasteiger partial charge in [0.25, 0.3) is 5.91 Å². The van der Waals surface area contributed by atoms with E-state index in [-0.39, 0.29) is 5.91 Å². The first-order valence-corrected chi connectivity index (χ1v) is 13.7. The molecule has 0 unspecified atom stereocenters. The molecule has 3 heterocycles. The summed E-state index contributed by atoms with van der Waals surface area (Å²) in [7, 11) is 0. The van der Waals surface area contributed by atoms with E-state index in [1.54, 1.807) is 6.20 Å². The number of aromatic nitrogens is 2. The summed E-state index contributed by atoms with van der Waals surface area (Å²) in [6.07, 6.45) is 1.77. The highest BCUT2D eigenvalue weighted by Gasteiger charge is 2.14. The van der Waals surface area contributed by atoms with E-state index in [1.807, 2.05) is 80.6 Å². The number of ether oxygens (including phenoxy) is 1. The van der Waals surface area contributed by atoms with Gasteiger partial charge in [-0.15, -0.1) is 0 Å². The molecule has 0 radical (unpaired) electrons. The maximum Gasteiger partial charge on any atom is 0.255 e. The number of aryl methyl sites for hydroxylation is 2. The molecular weight excluding hydrogens is 512 g/mol. The quantitative estimate of drug-likeness (QED) is 0.207. The van der Waals surface area contributed by atoms with Crippen molar-refractivity contribution in [2.24, 2.45) is 0 Å². The Morgan fingerprint density at radius 1 is 0.780 bits per heavy atom. The van der Waals surface area contributed by atoms with Crippen molar-refractivity contribution in [3.8, 4) is 0 Å². The van der Waals surface area contributed by atoms with Gasteiger partial charge >= 0.3 is 0 Å². The van der Waals surface area contributed by atoms with E-state index in [4.69, 9.17) is 9.72 Å². The van der Waals surface area contributed by atoms with Gasteiger partial charge in [-0.1, -0.05) is 6.07 Å². The standard InChI is InChI=1S/C33H32N6O2/c1-22-18-28(12-13-34-22)36-25-6-8-26(9-7-25)38-33(40)24-4-3-5-27(20-24)37-32-19-23(2)35-31-11-10-29(21-30(31)32)39-14-16-41-17-15-39/h3-13,18-21H,14-17H2,1-2H3,(H,34,36)(H,35,37)(H,38,40). The number of hydrogen-bond donors (Lipinski definition) is 3. The minimum atomic E-state index is -0.176. The van der Waals surface area contributed by atoms with E-state index >= 15 is 0 Å². The van der Waals surface area contributed by atoms with Gasteiger partial charge in [0.05, 0.1) is 18.7 Å². The second kappa shape index (κ2) is 11.7. The molecule has 41 heavy (non-hydrogen) atoms. The number of carbonyl (C=O) groups is 1. The van der Waals surface area contributed by atoms with Gasteiger partial charge < -0.3 is 25.6 Å². The highest BCUT2D eigenvalue weighted by Crippen LogP contribution is 2.31. The average Bonchev–Trinajstić information content (AvgIpc) is 2.98. The summed E-state index contributed by atoms with van der Waals surface area (Å²) >= 11 is 0. The number of rotatable bonds is 7. The fraction of sp³-hybridized carbons (Fsp3) is 0.182. The van der Waals surface area contributed by atoms with Crippen LogP contribution < -0.4 is 20.9 Å². The van der Waals surface area contributed by atoms with Crippen LogP contribution in [0.1, 0.15) is 21.7 Å². The number of anilines is 6. The summed E-state index contributed by atoms with van der Waals surface area (Å²) in [5.41, 5.74) is 8.90. The summed E-state index contributed by atoms with van der Waals surface area (Å²) in [6.45, 7) is 7.15. The van der Waals surface area contributed by atoms with Crippen LogP contribution in [0, 0.1) is 13.8 Å². The fourth-order valence-corrected chi connectivity index (χ4v) is 4.99. The van der Waals surface area contributed by atoms with Crippen molar-refractivity contribution in [2.75, 3.05) is 47.2 Å². The number of hydrogen-bond acceptors (Lipinski definition) is 7. The Balaban J connectivity index is 1.17. The van der Waals surface area contributed by atoms with Crippen LogP contribution in [0.5, 0.6) is 0 Å². The van der Waals surface area contributed by atoms with E-state index in [1.165, 1.54) is 0 Å². The van der Waals surface area contributed by atoms with E-state index in [2.05, 4.69) is 44.0 Å². The number of nitrogens with one attached hydrogen (secondary N) is 3. The number of fused-ring (bicyclic) bond motifs is 1. The van der Waals surface area contributed by atoms with Crippen LogP contribution in [0.4, 0.5) is 34.1 Å². The molecule has 1 aliphatic rings. The Morgan fingerprint density at radius 3 is 2.37 bits per heavy atom. The molecule has 0 spiro atoms. The summed E-state index contributed by atoms with van der Waals surface area (Å²) in [5, 5.41) is 10.9. The lowest BCUT2D eigenvalue weighted by Crippen LogP contribution is -2.36. The number of nitrogens with zero attached hydrogens (tertiary/aromatic N) is 3. The van der Waals surface area contributed by atoms with Gasteiger partial charge in [-0.25, -0.2) is 0 Å². The van der Waals surface area contributed by atoms with E-state index in [9.17, 15) is 4.79 Å². The van der Waals surface area contributed by atoms with E-state index in [0.29, 0.717) is 5.56 Å². The monoisotopic (exact) mass is 544 g/mol. The maximum absolute atomic E-state index is 13.1. The van der Waals surface area contributed by atoms with Gasteiger partial charge in [-0.2, -0.15) is 0 Å². The molecular formula is C33H32N6O2. The molecule has 0 saturated carbocycles. The predicted octanol–water partition coefficient (Wildman–Crippen LogP) is 6.82. The molecule has 0 aliphatic carbocycles. The first-order valence-electron chi connectivity index (χ1n) is 13.7. The van der Waals surface area contributed by atoms with Crippen molar-refractivity contribution < 1.29 is 9.53 Å². The third kappa shape index (κ3) is 6.28.